The Kier molecular flexibility index (Phi) is 6.59. The third kappa shape index (κ3) is 4.94. The molecule has 43 heavy (non-hydrogen) atoms. The molecule has 2 atom stereocenters. The molecule has 1 aromatic carbocycles. The normalized spacial score (nSPS) is 23.1. The molecule has 4 fully saturated rings. The molecule has 0 radical (unpaired) electrons. The first-order chi connectivity index (χ1) is 21.0. The first-order valence-electron chi connectivity index (χ1n) is 15.0. The number of nitrogens with zero attached hydrogens (tertiary/aromatic N) is 6. The summed E-state index contributed by atoms with van der Waals surface area (Å²) >= 11 is 1.08. The van der Waals surface area contributed by atoms with Gasteiger partial charge in [-0.1, -0.05) is 0 Å². The van der Waals surface area contributed by atoms with Crippen LogP contribution in [0.3, 0.4) is 0 Å². The van der Waals surface area contributed by atoms with Crippen molar-refractivity contribution in [3.05, 3.63) is 35.8 Å². The maximum atomic E-state index is 14.7. The summed E-state index contributed by atoms with van der Waals surface area (Å²) in [4.78, 5) is 19.5. The summed E-state index contributed by atoms with van der Waals surface area (Å²) in [5.74, 6) is 0.426. The van der Waals surface area contributed by atoms with Crippen LogP contribution in [0.5, 0.6) is 6.01 Å². The minimum Gasteiger partial charge on any atom is -0.463 e. The van der Waals surface area contributed by atoms with Crippen molar-refractivity contribution >= 4 is 43.1 Å². The number of piperazine rings is 1. The molecule has 6 heterocycles. The second kappa shape index (κ2) is 10.5. The van der Waals surface area contributed by atoms with E-state index in [-0.39, 0.29) is 11.0 Å². The van der Waals surface area contributed by atoms with E-state index >= 15 is 0 Å². The summed E-state index contributed by atoms with van der Waals surface area (Å²) in [5.41, 5.74) is 8.44. The highest BCUT2D eigenvalue weighted by atomic mass is 32.1. The molecular weight excluding hydrogens is 567 g/mol. The number of nitrogens with one attached hydrogen (secondary N) is 1. The van der Waals surface area contributed by atoms with Crippen LogP contribution in [0.25, 0.3) is 32.2 Å². The van der Waals surface area contributed by atoms with E-state index in [0.717, 1.165) is 94.2 Å². The first-order valence-corrected chi connectivity index (χ1v) is 15.8. The number of nitrogen functional groups attached to an aromatic ring is 1. The lowest BCUT2D eigenvalue weighted by atomic mass is 10.0. The van der Waals surface area contributed by atoms with Gasteiger partial charge in [0, 0.05) is 67.4 Å². The summed E-state index contributed by atoms with van der Waals surface area (Å²) in [5, 5.41) is 15.1. The van der Waals surface area contributed by atoms with Crippen LogP contribution in [0.1, 0.15) is 31.2 Å². The molecule has 4 aliphatic rings. The molecule has 10 nitrogen and oxygen atoms in total. The van der Waals surface area contributed by atoms with Crippen molar-refractivity contribution < 1.29 is 13.9 Å². The number of rotatable bonds is 7. The van der Waals surface area contributed by atoms with Crippen molar-refractivity contribution in [3.8, 4) is 23.3 Å². The molecule has 8 rings (SSSR count). The van der Waals surface area contributed by atoms with Gasteiger partial charge in [0.25, 0.3) is 0 Å². The number of hydrogen-bond acceptors (Lipinski definition) is 11. The van der Waals surface area contributed by atoms with Gasteiger partial charge in [-0.3, -0.25) is 9.88 Å². The number of halogens is 1. The van der Waals surface area contributed by atoms with E-state index in [1.807, 2.05) is 6.07 Å². The van der Waals surface area contributed by atoms with E-state index in [0.29, 0.717) is 56.6 Å². The van der Waals surface area contributed by atoms with Crippen LogP contribution in [0, 0.1) is 22.6 Å². The number of morpholine rings is 1. The molecule has 3 aliphatic heterocycles. The van der Waals surface area contributed by atoms with Crippen molar-refractivity contribution in [2.75, 3.05) is 63.2 Å². The number of thiophene rings is 1. The molecular formula is C31H33FN8O2S. The van der Waals surface area contributed by atoms with Gasteiger partial charge in [-0.05, 0) is 43.9 Å². The third-order valence-electron chi connectivity index (χ3n) is 9.39. The minimum absolute atomic E-state index is 0.125. The number of pyridine rings is 1. The molecule has 0 spiro atoms. The zero-order valence-electron chi connectivity index (χ0n) is 23.8. The lowest BCUT2D eigenvalue weighted by Gasteiger charge is -2.34. The maximum Gasteiger partial charge on any atom is 0.318 e. The number of fused-ring (bicyclic) bond motifs is 4. The van der Waals surface area contributed by atoms with Gasteiger partial charge in [-0.15, -0.1) is 11.3 Å². The van der Waals surface area contributed by atoms with Crippen molar-refractivity contribution in [3.63, 3.8) is 0 Å². The minimum atomic E-state index is -0.405. The zero-order chi connectivity index (χ0) is 29.1. The monoisotopic (exact) mass is 600 g/mol. The molecule has 1 saturated carbocycles. The number of ether oxygens (including phenoxy) is 2. The molecule has 0 amide bonds. The average Bonchev–Trinajstić information content (AvgIpc) is 3.58. The van der Waals surface area contributed by atoms with E-state index in [1.54, 1.807) is 12.3 Å². The van der Waals surface area contributed by atoms with Gasteiger partial charge < -0.3 is 25.4 Å². The SMILES string of the molecule is N#Cc1c(N)sc2c(F)ccc(-c3cc4nc(OCC5(CN6CCOCC6)CC5)nc(N5CC6CCC(C5)N6)c4cn3)c12. The highest BCUT2D eigenvalue weighted by Gasteiger charge is 2.45. The van der Waals surface area contributed by atoms with Gasteiger partial charge in [-0.25, -0.2) is 4.39 Å². The number of nitrogens with two attached hydrogens (primary N) is 1. The fourth-order valence-corrected chi connectivity index (χ4v) is 7.85. The predicted octanol–water partition coefficient (Wildman–Crippen LogP) is 3.93. The highest BCUT2D eigenvalue weighted by molar-refractivity contribution is 7.23. The van der Waals surface area contributed by atoms with Crippen LogP contribution in [0.4, 0.5) is 15.2 Å². The standard InChI is InChI=1S/C31H33FN8O2S/c32-23-4-3-20(26-21(12-33)28(34)43-27(23)26)24-11-25-22(13-35-24)29(40-14-18-1-2-19(15-40)36-18)38-30(37-25)42-17-31(5-6-31)16-39-7-9-41-10-8-39/h3-4,11,13,18-19,36H,1-2,5-10,14-17,34H2. The van der Waals surface area contributed by atoms with Crippen molar-refractivity contribution in [1.82, 2.24) is 25.2 Å². The summed E-state index contributed by atoms with van der Waals surface area (Å²) in [7, 11) is 0. The summed E-state index contributed by atoms with van der Waals surface area (Å²) < 4.78 is 27.0. The quantitative estimate of drug-likeness (QED) is 0.322. The Balaban J connectivity index is 1.18. The highest BCUT2D eigenvalue weighted by Crippen LogP contribution is 2.47. The van der Waals surface area contributed by atoms with Gasteiger partial charge in [0.2, 0.25) is 0 Å². The largest absolute Gasteiger partial charge is 0.463 e. The Hall–Kier alpha value is -3.63. The second-order valence-electron chi connectivity index (χ2n) is 12.4. The Morgan fingerprint density at radius 3 is 2.72 bits per heavy atom. The average molecular weight is 601 g/mol. The van der Waals surface area contributed by atoms with Crippen LogP contribution in [0.15, 0.2) is 24.4 Å². The molecule has 2 unspecified atom stereocenters. The van der Waals surface area contributed by atoms with E-state index in [1.165, 1.54) is 6.07 Å². The fourth-order valence-electron chi connectivity index (χ4n) is 6.90. The number of hydrogen-bond donors (Lipinski definition) is 2. The lowest BCUT2D eigenvalue weighted by molar-refractivity contribution is 0.0231. The topological polar surface area (TPSA) is 125 Å². The van der Waals surface area contributed by atoms with Gasteiger partial charge in [0.1, 0.15) is 22.7 Å². The van der Waals surface area contributed by atoms with Crippen molar-refractivity contribution in [2.45, 2.75) is 37.8 Å². The Labute approximate surface area is 252 Å². The van der Waals surface area contributed by atoms with E-state index in [2.05, 4.69) is 21.2 Å². The van der Waals surface area contributed by atoms with E-state index in [4.69, 9.17) is 30.2 Å². The van der Waals surface area contributed by atoms with Crippen molar-refractivity contribution in [2.24, 2.45) is 5.41 Å². The molecule has 3 aromatic heterocycles. The van der Waals surface area contributed by atoms with Crippen LogP contribution < -0.4 is 20.7 Å². The Morgan fingerprint density at radius 1 is 1.19 bits per heavy atom. The summed E-state index contributed by atoms with van der Waals surface area (Å²) in [6, 6.07) is 8.35. The second-order valence-corrected chi connectivity index (χ2v) is 13.4. The van der Waals surface area contributed by atoms with Gasteiger partial charge in [0.15, 0.2) is 0 Å². The van der Waals surface area contributed by atoms with Crippen LogP contribution in [0.2, 0.25) is 0 Å². The fraction of sp³-hybridized carbons (Fsp3) is 0.484. The lowest BCUT2D eigenvalue weighted by Crippen LogP contribution is -2.51. The number of benzene rings is 1. The molecule has 3 saturated heterocycles. The molecule has 12 heteroatoms. The number of anilines is 2. The summed E-state index contributed by atoms with van der Waals surface area (Å²) in [6.07, 6.45) is 6.37. The third-order valence-corrected chi connectivity index (χ3v) is 10.4. The number of nitriles is 1. The van der Waals surface area contributed by atoms with E-state index in [9.17, 15) is 9.65 Å². The Morgan fingerprint density at radius 2 is 1.98 bits per heavy atom. The zero-order valence-corrected chi connectivity index (χ0v) is 24.6. The smallest absolute Gasteiger partial charge is 0.318 e. The molecule has 2 bridgehead atoms. The van der Waals surface area contributed by atoms with Gasteiger partial charge in [0.05, 0.1) is 46.7 Å². The molecule has 4 aromatic rings. The molecule has 1 aliphatic carbocycles. The van der Waals surface area contributed by atoms with E-state index < -0.39 is 5.82 Å². The summed E-state index contributed by atoms with van der Waals surface area (Å²) in [6.45, 7) is 6.78. The van der Waals surface area contributed by atoms with Crippen LogP contribution in [-0.4, -0.2) is 84.5 Å². The number of aromatic nitrogens is 3. The Bertz CT molecular complexity index is 1750. The van der Waals surface area contributed by atoms with Crippen molar-refractivity contribution in [1.29, 1.82) is 5.26 Å². The molecule has 222 valence electrons. The predicted molar refractivity (Wildman–Crippen MR) is 164 cm³/mol. The maximum absolute atomic E-state index is 14.7. The van der Waals surface area contributed by atoms with Gasteiger partial charge >= 0.3 is 6.01 Å². The molecule has 3 N–H and O–H groups in total. The van der Waals surface area contributed by atoms with Gasteiger partial charge in [-0.2, -0.15) is 15.2 Å². The first kappa shape index (κ1) is 27.0. The van der Waals surface area contributed by atoms with Crippen LogP contribution in [-0.2, 0) is 4.74 Å². The van der Waals surface area contributed by atoms with Crippen LogP contribution >= 0.6 is 11.3 Å².